The zero-order valence-electron chi connectivity index (χ0n) is 35.5. The highest BCUT2D eigenvalue weighted by molar-refractivity contribution is 6.23. The van der Waals surface area contributed by atoms with E-state index in [1.165, 1.54) is 55.2 Å². The number of anilines is 6. The highest BCUT2D eigenvalue weighted by Gasteiger charge is 2.27. The van der Waals surface area contributed by atoms with Crippen molar-refractivity contribution in [2.75, 3.05) is 9.80 Å². The lowest BCUT2D eigenvalue weighted by Crippen LogP contribution is -2.17. The molecule has 0 amide bonds. The van der Waals surface area contributed by atoms with Crippen LogP contribution in [0.2, 0.25) is 0 Å². The molecule has 0 saturated carbocycles. The molecule has 0 aliphatic rings. The summed E-state index contributed by atoms with van der Waals surface area (Å²) in [5.41, 5.74) is 12.5. The molecule has 0 heterocycles. The summed E-state index contributed by atoms with van der Waals surface area (Å²) in [5, 5.41) is 4.81. The second-order valence-corrected chi connectivity index (χ2v) is 18.6. The van der Waals surface area contributed by atoms with Crippen molar-refractivity contribution in [3.63, 3.8) is 0 Å². The molecule has 0 radical (unpaired) electrons. The third-order valence-electron chi connectivity index (χ3n) is 11.9. The third kappa shape index (κ3) is 7.47. The number of hydrogen-bond donors (Lipinski definition) is 0. The summed E-state index contributed by atoms with van der Waals surface area (Å²) in [7, 11) is 0. The summed E-state index contributed by atoms with van der Waals surface area (Å²) in [6, 6.07) is 54.9. The molecule has 2 nitrogen and oxygen atoms in total. The molecule has 7 rings (SSSR count). The van der Waals surface area contributed by atoms with Crippen LogP contribution < -0.4 is 9.80 Å². The Morgan fingerprint density at radius 1 is 0.393 bits per heavy atom. The van der Waals surface area contributed by atoms with Crippen molar-refractivity contribution < 1.29 is 0 Å². The molecule has 0 bridgehead atoms. The van der Waals surface area contributed by atoms with E-state index in [1.54, 1.807) is 0 Å². The lowest BCUT2D eigenvalue weighted by atomic mass is 9.82. The van der Waals surface area contributed by atoms with Crippen LogP contribution in [0.3, 0.4) is 0 Å². The first kappa shape index (κ1) is 38.9. The lowest BCUT2D eigenvalue weighted by molar-refractivity contribution is 0.506. The van der Waals surface area contributed by atoms with Crippen LogP contribution >= 0.6 is 0 Å². The molecule has 0 aliphatic heterocycles. The fourth-order valence-corrected chi connectivity index (χ4v) is 7.87. The zero-order valence-corrected chi connectivity index (χ0v) is 35.5. The van der Waals surface area contributed by atoms with E-state index < -0.39 is 0 Å². The van der Waals surface area contributed by atoms with E-state index in [0.29, 0.717) is 5.92 Å². The van der Waals surface area contributed by atoms with Gasteiger partial charge in [0.25, 0.3) is 0 Å². The largest absolute Gasteiger partial charge is 0.309 e. The van der Waals surface area contributed by atoms with E-state index >= 15 is 0 Å². The number of nitrogens with zero attached hydrogens (tertiary/aromatic N) is 2. The molecule has 7 aromatic rings. The van der Waals surface area contributed by atoms with E-state index in [4.69, 9.17) is 0 Å². The minimum Gasteiger partial charge on any atom is -0.309 e. The van der Waals surface area contributed by atoms with Gasteiger partial charge < -0.3 is 9.80 Å². The first-order valence-electron chi connectivity index (χ1n) is 20.5. The highest BCUT2D eigenvalue weighted by atomic mass is 15.2. The zero-order chi connectivity index (χ0) is 40.0. The first-order chi connectivity index (χ1) is 26.6. The Morgan fingerprint density at radius 2 is 0.679 bits per heavy atom. The van der Waals surface area contributed by atoms with Gasteiger partial charge in [0.05, 0.1) is 11.4 Å². The highest BCUT2D eigenvalue weighted by Crippen LogP contribution is 2.51. The van der Waals surface area contributed by atoms with Gasteiger partial charge in [-0.05, 0) is 99.4 Å². The Kier molecular flexibility index (Phi) is 10.4. The summed E-state index contributed by atoms with van der Waals surface area (Å²) in [4.78, 5) is 4.97. The van der Waals surface area contributed by atoms with Gasteiger partial charge in [-0.2, -0.15) is 0 Å². The SMILES string of the molecule is CCC(C)(C)c1ccc(N(c2ccc(C(C)(C)C)cc2)c2c3ccccc3c(N(c3ccc(C(C)C)cc3)c3ccc(C(C)(C)C)cc3)c3ccccc23)cc1. The van der Waals surface area contributed by atoms with Crippen LogP contribution in [-0.4, -0.2) is 0 Å². The quantitative estimate of drug-likeness (QED) is 0.108. The standard InChI is InChI=1S/C54H60N2/c1-12-54(10,11)41-27-35-45(36-28-41)56(44-33-25-40(26-34-44)53(7,8)9)51-48-19-15-13-17-46(48)50(47-18-14-16-20-49(47)51)55(42-29-21-38(22-30-42)37(2)3)43-31-23-39(24-32-43)52(4,5)6/h13-37H,12H2,1-11H3. The number of benzene rings is 7. The monoisotopic (exact) mass is 736 g/mol. The van der Waals surface area contributed by atoms with Crippen molar-refractivity contribution >= 4 is 55.7 Å². The molecule has 56 heavy (non-hydrogen) atoms. The van der Waals surface area contributed by atoms with Gasteiger partial charge in [0.2, 0.25) is 0 Å². The molecule has 0 fully saturated rings. The van der Waals surface area contributed by atoms with Crippen LogP contribution in [0, 0.1) is 0 Å². The Labute approximate surface area is 336 Å². The summed E-state index contributed by atoms with van der Waals surface area (Å²) in [5.74, 6) is 0.454. The van der Waals surface area contributed by atoms with Crippen LogP contribution in [0.15, 0.2) is 146 Å². The van der Waals surface area contributed by atoms with E-state index in [2.05, 4.69) is 232 Å². The lowest BCUT2D eigenvalue weighted by Gasteiger charge is -2.33. The van der Waals surface area contributed by atoms with Gasteiger partial charge >= 0.3 is 0 Å². The average molecular weight is 737 g/mol. The minimum absolute atomic E-state index is 0.0553. The van der Waals surface area contributed by atoms with Crippen molar-refractivity contribution in [3.05, 3.63) is 168 Å². The molecule has 7 aromatic carbocycles. The molecule has 0 spiro atoms. The van der Waals surface area contributed by atoms with Crippen LogP contribution in [0.1, 0.15) is 111 Å². The molecular weight excluding hydrogens is 677 g/mol. The van der Waals surface area contributed by atoms with E-state index in [0.717, 1.165) is 29.2 Å². The van der Waals surface area contributed by atoms with Crippen molar-refractivity contribution in [1.82, 2.24) is 0 Å². The van der Waals surface area contributed by atoms with Crippen LogP contribution in [-0.2, 0) is 16.2 Å². The second kappa shape index (κ2) is 15.0. The number of rotatable bonds is 9. The Morgan fingerprint density at radius 3 is 0.946 bits per heavy atom. The minimum atomic E-state index is 0.0553. The smallest absolute Gasteiger partial charge is 0.0619 e. The van der Waals surface area contributed by atoms with Crippen molar-refractivity contribution in [1.29, 1.82) is 0 Å². The second-order valence-electron chi connectivity index (χ2n) is 18.6. The molecule has 0 atom stereocenters. The van der Waals surface area contributed by atoms with E-state index in [9.17, 15) is 0 Å². The number of hydrogen-bond acceptors (Lipinski definition) is 2. The van der Waals surface area contributed by atoms with Crippen LogP contribution in [0.4, 0.5) is 34.1 Å². The van der Waals surface area contributed by atoms with Crippen molar-refractivity contribution in [2.45, 2.75) is 105 Å². The Balaban J connectivity index is 1.54. The normalized spacial score (nSPS) is 12.4. The molecule has 0 aromatic heterocycles. The molecule has 0 N–H and O–H groups in total. The van der Waals surface area contributed by atoms with Gasteiger partial charge in [0, 0.05) is 44.3 Å². The van der Waals surface area contributed by atoms with Gasteiger partial charge in [-0.1, -0.05) is 173 Å². The average Bonchev–Trinajstić information content (AvgIpc) is 3.19. The summed E-state index contributed by atoms with van der Waals surface area (Å²) < 4.78 is 0. The maximum atomic E-state index is 2.49. The maximum absolute atomic E-state index is 2.49. The van der Waals surface area contributed by atoms with Crippen LogP contribution in [0.5, 0.6) is 0 Å². The first-order valence-corrected chi connectivity index (χ1v) is 20.5. The number of fused-ring (bicyclic) bond motifs is 2. The molecule has 0 unspecified atom stereocenters. The summed E-state index contributed by atoms with van der Waals surface area (Å²) >= 11 is 0. The maximum Gasteiger partial charge on any atom is 0.0619 e. The molecule has 286 valence electrons. The van der Waals surface area contributed by atoms with Crippen LogP contribution in [0.25, 0.3) is 21.5 Å². The van der Waals surface area contributed by atoms with Gasteiger partial charge in [-0.15, -0.1) is 0 Å². The van der Waals surface area contributed by atoms with Gasteiger partial charge in [-0.25, -0.2) is 0 Å². The van der Waals surface area contributed by atoms with E-state index in [1.807, 2.05) is 0 Å². The fourth-order valence-electron chi connectivity index (χ4n) is 7.87. The van der Waals surface area contributed by atoms with Gasteiger partial charge in [0.1, 0.15) is 0 Å². The Hall–Kier alpha value is -5.34. The van der Waals surface area contributed by atoms with Gasteiger partial charge in [0.15, 0.2) is 0 Å². The predicted molar refractivity (Wildman–Crippen MR) is 246 cm³/mol. The molecule has 0 aliphatic carbocycles. The summed E-state index contributed by atoms with van der Waals surface area (Å²) in [6.07, 6.45) is 1.08. The molecule has 2 heteroatoms. The van der Waals surface area contributed by atoms with Crippen molar-refractivity contribution in [3.8, 4) is 0 Å². The topological polar surface area (TPSA) is 6.48 Å². The van der Waals surface area contributed by atoms with Gasteiger partial charge in [-0.3, -0.25) is 0 Å². The van der Waals surface area contributed by atoms with Crippen molar-refractivity contribution in [2.24, 2.45) is 0 Å². The molecule has 0 saturated heterocycles. The predicted octanol–water partition coefficient (Wildman–Crippen LogP) is 16.3. The summed E-state index contributed by atoms with van der Waals surface area (Å²) in [6.45, 7) is 25.2. The molecular formula is C54H60N2. The fraction of sp³-hybridized carbons (Fsp3) is 0.296. The van der Waals surface area contributed by atoms with E-state index in [-0.39, 0.29) is 16.2 Å². The Bertz CT molecular complexity index is 2380. The third-order valence-corrected chi connectivity index (χ3v) is 11.9.